The first kappa shape index (κ1) is 11.7. The van der Waals surface area contributed by atoms with Gasteiger partial charge in [-0.3, -0.25) is 0 Å². The maximum atomic E-state index is 12.3. The van der Waals surface area contributed by atoms with Crippen LogP contribution in [0.1, 0.15) is 6.92 Å². The molecule has 1 aromatic heterocycles. The van der Waals surface area contributed by atoms with E-state index in [1.807, 2.05) is 0 Å². The zero-order chi connectivity index (χ0) is 11.5. The first-order valence-corrected chi connectivity index (χ1v) is 4.31. The van der Waals surface area contributed by atoms with Gasteiger partial charge in [0, 0.05) is 11.6 Å². The lowest BCUT2D eigenvalue weighted by Gasteiger charge is -2.10. The van der Waals surface area contributed by atoms with Crippen LogP contribution in [0, 0.1) is 0 Å². The average Bonchev–Trinajstić information content (AvgIpc) is 1.99. The number of anilines is 1. The van der Waals surface area contributed by atoms with Crippen LogP contribution in [0.4, 0.5) is 14.7 Å². The Balaban J connectivity index is 2.88. The molecule has 0 fully saturated rings. The highest BCUT2D eigenvalue weighted by molar-refractivity contribution is 6.20. The number of alkyl halides is 3. The quantitative estimate of drug-likeness (QED) is 0.809. The molecule has 1 heterocycles. The molecule has 2 N–H and O–H groups in total. The van der Waals surface area contributed by atoms with E-state index < -0.39 is 11.4 Å². The van der Waals surface area contributed by atoms with Crippen LogP contribution in [0.15, 0.2) is 6.07 Å². The fourth-order valence-electron chi connectivity index (χ4n) is 0.814. The van der Waals surface area contributed by atoms with Crippen molar-refractivity contribution in [3.05, 3.63) is 6.07 Å². The number of halogens is 3. The maximum Gasteiger partial charge on any atom is 0.488 e. The van der Waals surface area contributed by atoms with E-state index in [0.29, 0.717) is 6.61 Å². The molecule has 84 valence electrons. The highest BCUT2D eigenvalue weighted by Gasteiger charge is 2.28. The highest BCUT2D eigenvalue weighted by Crippen LogP contribution is 2.25. The number of nitrogens with two attached hydrogens (primary N) is 1. The van der Waals surface area contributed by atoms with E-state index in [2.05, 4.69) is 26.3 Å². The van der Waals surface area contributed by atoms with Crippen molar-refractivity contribution in [2.75, 3.05) is 12.3 Å². The molecule has 15 heavy (non-hydrogen) atoms. The van der Waals surface area contributed by atoms with Crippen LogP contribution in [-0.2, 0) is 0 Å². The van der Waals surface area contributed by atoms with Crippen LogP contribution in [0.25, 0.3) is 0 Å². The van der Waals surface area contributed by atoms with Crippen molar-refractivity contribution in [3.63, 3.8) is 0 Å². The molecule has 5 nitrogen and oxygen atoms in total. The second-order valence-electron chi connectivity index (χ2n) is 2.38. The van der Waals surface area contributed by atoms with Gasteiger partial charge in [-0.1, -0.05) is 0 Å². The molecule has 0 bridgehead atoms. The molecule has 0 aliphatic rings. The number of hydrogen-bond donors (Lipinski definition) is 1. The van der Waals surface area contributed by atoms with E-state index in [1.54, 1.807) is 6.92 Å². The first-order valence-electron chi connectivity index (χ1n) is 3.94. The summed E-state index contributed by atoms with van der Waals surface area (Å²) in [6.45, 7) is 2.02. The fraction of sp³-hybridized carbons (Fsp3) is 0.429. The number of aromatic nitrogens is 2. The van der Waals surface area contributed by atoms with Crippen LogP contribution < -0.4 is 15.2 Å². The summed E-state index contributed by atoms with van der Waals surface area (Å²) < 4.78 is 33.5. The summed E-state index contributed by atoms with van der Waals surface area (Å²) in [5.41, 5.74) is 1.40. The normalized spacial score (nSPS) is 11.2. The van der Waals surface area contributed by atoms with Crippen LogP contribution in [0.5, 0.6) is 11.8 Å². The van der Waals surface area contributed by atoms with Gasteiger partial charge in [-0.2, -0.15) is 9.97 Å². The van der Waals surface area contributed by atoms with Gasteiger partial charge in [0.1, 0.15) is 0 Å². The molecule has 8 heteroatoms. The van der Waals surface area contributed by atoms with Crippen molar-refractivity contribution in [3.8, 4) is 11.8 Å². The molecular formula is C7H8ClF2N3O2. The molecule has 0 aliphatic heterocycles. The van der Waals surface area contributed by atoms with Crippen LogP contribution in [0.2, 0.25) is 0 Å². The maximum absolute atomic E-state index is 12.3. The average molecular weight is 240 g/mol. The Labute approximate surface area is 89.2 Å². The van der Waals surface area contributed by atoms with E-state index in [-0.39, 0.29) is 11.8 Å². The Bertz CT molecular complexity index is 345. The van der Waals surface area contributed by atoms with Crippen LogP contribution in [0.3, 0.4) is 0 Å². The summed E-state index contributed by atoms with van der Waals surface area (Å²) in [6.07, 6.45) is 0. The molecular weight excluding hydrogens is 232 g/mol. The molecule has 0 amide bonds. The van der Waals surface area contributed by atoms with Gasteiger partial charge in [0.2, 0.25) is 17.7 Å². The van der Waals surface area contributed by atoms with Crippen molar-refractivity contribution in [1.82, 2.24) is 9.97 Å². The third-order valence-electron chi connectivity index (χ3n) is 1.21. The van der Waals surface area contributed by atoms with Crippen LogP contribution in [-0.4, -0.2) is 22.1 Å². The lowest BCUT2D eigenvalue weighted by atomic mass is 10.6. The Morgan fingerprint density at radius 1 is 1.47 bits per heavy atom. The summed E-state index contributed by atoms with van der Waals surface area (Å²) >= 11 is 4.55. The van der Waals surface area contributed by atoms with Gasteiger partial charge in [-0.05, 0) is 6.92 Å². The van der Waals surface area contributed by atoms with Crippen molar-refractivity contribution in [2.45, 2.75) is 12.5 Å². The second-order valence-corrected chi connectivity index (χ2v) is 2.82. The van der Waals surface area contributed by atoms with E-state index in [9.17, 15) is 8.78 Å². The minimum atomic E-state index is -3.84. The largest absolute Gasteiger partial charge is 0.488 e. The third-order valence-corrected chi connectivity index (χ3v) is 1.29. The number of hydrogen-bond acceptors (Lipinski definition) is 5. The molecule has 0 saturated heterocycles. The van der Waals surface area contributed by atoms with Crippen LogP contribution >= 0.6 is 11.6 Å². The van der Waals surface area contributed by atoms with Gasteiger partial charge in [-0.15, -0.1) is 8.78 Å². The monoisotopic (exact) mass is 239 g/mol. The van der Waals surface area contributed by atoms with Gasteiger partial charge in [0.05, 0.1) is 12.7 Å². The van der Waals surface area contributed by atoms with E-state index in [4.69, 9.17) is 10.5 Å². The second kappa shape index (κ2) is 4.43. The van der Waals surface area contributed by atoms with Gasteiger partial charge < -0.3 is 15.2 Å². The molecule has 0 spiro atoms. The molecule has 0 aliphatic carbocycles. The van der Waals surface area contributed by atoms with E-state index in [0.717, 1.165) is 6.07 Å². The third kappa shape index (κ3) is 4.11. The smallest absolute Gasteiger partial charge is 0.478 e. The molecule has 0 saturated carbocycles. The minimum Gasteiger partial charge on any atom is -0.478 e. The zero-order valence-electron chi connectivity index (χ0n) is 7.71. The summed E-state index contributed by atoms with van der Waals surface area (Å²) in [4.78, 5) is 7.03. The lowest BCUT2D eigenvalue weighted by Crippen LogP contribution is -2.17. The number of nitrogen functional groups attached to an aromatic ring is 1. The SMILES string of the molecule is CCOc1cc(OC(F)(F)Cl)nc(N)n1. The summed E-state index contributed by atoms with van der Waals surface area (Å²) in [5, 5.41) is 0. The van der Waals surface area contributed by atoms with E-state index >= 15 is 0 Å². The van der Waals surface area contributed by atoms with Crippen molar-refractivity contribution >= 4 is 17.5 Å². The molecule has 0 unspecified atom stereocenters. The van der Waals surface area contributed by atoms with Gasteiger partial charge in [-0.25, -0.2) is 0 Å². The molecule has 1 aromatic rings. The van der Waals surface area contributed by atoms with Crippen molar-refractivity contribution < 1.29 is 18.3 Å². The number of ether oxygens (including phenoxy) is 2. The summed E-state index contributed by atoms with van der Waals surface area (Å²) in [6, 6.07) is 1.07. The molecule has 0 atom stereocenters. The Hall–Kier alpha value is -1.37. The minimum absolute atomic E-state index is 0.0425. The summed E-state index contributed by atoms with van der Waals surface area (Å²) in [7, 11) is 0. The summed E-state index contributed by atoms with van der Waals surface area (Å²) in [5.74, 6) is -0.649. The Kier molecular flexibility index (Phi) is 3.46. The van der Waals surface area contributed by atoms with Crippen molar-refractivity contribution in [1.29, 1.82) is 0 Å². The number of rotatable bonds is 4. The lowest BCUT2D eigenvalue weighted by molar-refractivity contribution is -0.0991. The topological polar surface area (TPSA) is 70.3 Å². The molecule has 0 aromatic carbocycles. The predicted molar refractivity (Wildman–Crippen MR) is 49.0 cm³/mol. The first-order chi connectivity index (χ1) is 6.90. The molecule has 1 rings (SSSR count). The fourth-order valence-corrected chi connectivity index (χ4v) is 0.893. The standard InChI is InChI=1S/C7H8ClF2N3O2/c1-2-14-4-3-5(13-6(11)12-4)15-7(8,9)10/h3H,2H2,1H3,(H2,11,12,13). The van der Waals surface area contributed by atoms with Gasteiger partial charge in [0.25, 0.3) is 0 Å². The zero-order valence-corrected chi connectivity index (χ0v) is 8.46. The Morgan fingerprint density at radius 3 is 2.60 bits per heavy atom. The van der Waals surface area contributed by atoms with E-state index in [1.165, 1.54) is 0 Å². The molecule has 0 radical (unpaired) electrons. The highest BCUT2D eigenvalue weighted by atomic mass is 35.5. The van der Waals surface area contributed by atoms with Crippen molar-refractivity contribution in [2.24, 2.45) is 0 Å². The van der Waals surface area contributed by atoms with Gasteiger partial charge >= 0.3 is 5.57 Å². The predicted octanol–water partition coefficient (Wildman–Crippen LogP) is 1.63. The number of nitrogens with zero attached hydrogens (tertiary/aromatic N) is 2. The van der Waals surface area contributed by atoms with Gasteiger partial charge in [0.15, 0.2) is 0 Å². The Morgan fingerprint density at radius 2 is 2.07 bits per heavy atom.